The van der Waals surface area contributed by atoms with E-state index >= 15 is 0 Å². The molecule has 1 heterocycles. The second-order valence-corrected chi connectivity index (χ2v) is 5.34. The fraction of sp³-hybridized carbons (Fsp3) is 0.571. The third-order valence-corrected chi connectivity index (χ3v) is 2.36. The van der Waals surface area contributed by atoms with Crippen molar-refractivity contribution in [3.63, 3.8) is 0 Å². The first kappa shape index (κ1) is 14.6. The summed E-state index contributed by atoms with van der Waals surface area (Å²) in [7, 11) is 0. The molecule has 0 radical (unpaired) electrons. The van der Waals surface area contributed by atoms with Gasteiger partial charge < -0.3 is 10.1 Å². The standard InChI is InChI=1S/C14H22N2O2/c1-11(8-10-18-14(2,3)4)16-13(17)12-7-5-6-9-15-12/h5-7,9,11H,8,10H2,1-4H3,(H,16,17). The summed E-state index contributed by atoms with van der Waals surface area (Å²) in [6.07, 6.45) is 2.40. The van der Waals surface area contributed by atoms with Gasteiger partial charge in [0.05, 0.1) is 5.60 Å². The zero-order valence-corrected chi connectivity index (χ0v) is 11.6. The number of carbonyl (C=O) groups excluding carboxylic acids is 1. The van der Waals surface area contributed by atoms with Crippen molar-refractivity contribution in [2.45, 2.75) is 45.8 Å². The molecule has 0 aliphatic heterocycles. The minimum Gasteiger partial charge on any atom is -0.376 e. The number of amides is 1. The van der Waals surface area contributed by atoms with Gasteiger partial charge in [-0.2, -0.15) is 0 Å². The maximum absolute atomic E-state index is 11.8. The Morgan fingerprint density at radius 3 is 2.72 bits per heavy atom. The molecule has 0 fully saturated rings. The van der Waals surface area contributed by atoms with Crippen LogP contribution in [0.15, 0.2) is 24.4 Å². The highest BCUT2D eigenvalue weighted by Crippen LogP contribution is 2.07. The van der Waals surface area contributed by atoms with E-state index in [1.165, 1.54) is 0 Å². The number of nitrogens with one attached hydrogen (secondary N) is 1. The first-order valence-electron chi connectivity index (χ1n) is 6.24. The molecule has 0 aliphatic rings. The Morgan fingerprint density at radius 2 is 2.17 bits per heavy atom. The fourth-order valence-electron chi connectivity index (χ4n) is 1.41. The number of aromatic nitrogens is 1. The normalized spacial score (nSPS) is 13.1. The number of pyridine rings is 1. The maximum atomic E-state index is 11.8. The van der Waals surface area contributed by atoms with Crippen LogP contribution in [-0.4, -0.2) is 29.1 Å². The lowest BCUT2D eigenvalue weighted by molar-refractivity contribution is -0.00637. The highest BCUT2D eigenvalue weighted by atomic mass is 16.5. The van der Waals surface area contributed by atoms with Gasteiger partial charge in [0.1, 0.15) is 5.69 Å². The highest BCUT2D eigenvalue weighted by molar-refractivity contribution is 5.92. The van der Waals surface area contributed by atoms with Crippen molar-refractivity contribution in [1.29, 1.82) is 0 Å². The topological polar surface area (TPSA) is 51.2 Å². The number of hydrogen-bond acceptors (Lipinski definition) is 3. The minimum atomic E-state index is -0.140. The van der Waals surface area contributed by atoms with Gasteiger partial charge in [-0.05, 0) is 46.2 Å². The van der Waals surface area contributed by atoms with Crippen LogP contribution in [0.4, 0.5) is 0 Å². The lowest BCUT2D eigenvalue weighted by Gasteiger charge is -2.21. The molecule has 1 aromatic rings. The lowest BCUT2D eigenvalue weighted by atomic mass is 10.2. The second kappa shape index (κ2) is 6.50. The fourth-order valence-corrected chi connectivity index (χ4v) is 1.41. The van der Waals surface area contributed by atoms with Crippen LogP contribution in [0.2, 0.25) is 0 Å². The predicted octanol–water partition coefficient (Wildman–Crippen LogP) is 2.41. The quantitative estimate of drug-likeness (QED) is 0.873. The van der Waals surface area contributed by atoms with Crippen molar-refractivity contribution >= 4 is 5.91 Å². The smallest absolute Gasteiger partial charge is 0.270 e. The zero-order chi connectivity index (χ0) is 13.6. The van der Waals surface area contributed by atoms with Gasteiger partial charge in [-0.25, -0.2) is 0 Å². The zero-order valence-electron chi connectivity index (χ0n) is 11.6. The Hall–Kier alpha value is -1.42. The molecule has 1 N–H and O–H groups in total. The molecular formula is C14H22N2O2. The molecule has 100 valence electrons. The van der Waals surface area contributed by atoms with Crippen LogP contribution >= 0.6 is 0 Å². The number of rotatable bonds is 5. The van der Waals surface area contributed by atoms with Gasteiger partial charge in [0.15, 0.2) is 0 Å². The average Bonchev–Trinajstić information content (AvgIpc) is 2.28. The van der Waals surface area contributed by atoms with Crippen LogP contribution in [0.25, 0.3) is 0 Å². The number of carbonyl (C=O) groups is 1. The third-order valence-electron chi connectivity index (χ3n) is 2.36. The molecule has 4 heteroatoms. The van der Waals surface area contributed by atoms with E-state index in [0.29, 0.717) is 12.3 Å². The predicted molar refractivity (Wildman–Crippen MR) is 71.5 cm³/mol. The molecule has 4 nitrogen and oxygen atoms in total. The summed E-state index contributed by atoms with van der Waals surface area (Å²) in [5.41, 5.74) is 0.311. The molecule has 0 saturated carbocycles. The van der Waals surface area contributed by atoms with Crippen LogP contribution in [0.5, 0.6) is 0 Å². The summed E-state index contributed by atoms with van der Waals surface area (Å²) < 4.78 is 5.62. The molecule has 1 aromatic heterocycles. The SMILES string of the molecule is CC(CCOC(C)(C)C)NC(=O)c1ccccn1. The van der Waals surface area contributed by atoms with E-state index in [1.54, 1.807) is 24.4 Å². The monoisotopic (exact) mass is 250 g/mol. The first-order valence-corrected chi connectivity index (χ1v) is 6.24. The first-order chi connectivity index (χ1) is 8.38. The van der Waals surface area contributed by atoms with Crippen molar-refractivity contribution < 1.29 is 9.53 Å². The van der Waals surface area contributed by atoms with Crippen molar-refractivity contribution in [2.75, 3.05) is 6.61 Å². The summed E-state index contributed by atoms with van der Waals surface area (Å²) >= 11 is 0. The van der Waals surface area contributed by atoms with Gasteiger partial charge in [-0.1, -0.05) is 6.07 Å². The van der Waals surface area contributed by atoms with Crippen molar-refractivity contribution in [2.24, 2.45) is 0 Å². The van der Waals surface area contributed by atoms with Crippen LogP contribution in [0.1, 0.15) is 44.6 Å². The second-order valence-electron chi connectivity index (χ2n) is 5.34. The maximum Gasteiger partial charge on any atom is 0.270 e. The molecule has 18 heavy (non-hydrogen) atoms. The Bertz CT molecular complexity index is 371. The van der Waals surface area contributed by atoms with Crippen LogP contribution in [-0.2, 0) is 4.74 Å². The van der Waals surface area contributed by atoms with E-state index in [2.05, 4.69) is 10.3 Å². The largest absolute Gasteiger partial charge is 0.376 e. The van der Waals surface area contributed by atoms with Gasteiger partial charge in [-0.3, -0.25) is 9.78 Å². The van der Waals surface area contributed by atoms with E-state index in [4.69, 9.17) is 4.74 Å². The molecule has 0 saturated heterocycles. The van der Waals surface area contributed by atoms with E-state index < -0.39 is 0 Å². The summed E-state index contributed by atoms with van der Waals surface area (Å²) in [5, 5.41) is 2.90. The molecule has 0 aromatic carbocycles. The van der Waals surface area contributed by atoms with E-state index in [1.807, 2.05) is 27.7 Å². The van der Waals surface area contributed by atoms with Gasteiger partial charge in [0.2, 0.25) is 0 Å². The van der Waals surface area contributed by atoms with Gasteiger partial charge in [-0.15, -0.1) is 0 Å². The van der Waals surface area contributed by atoms with Crippen LogP contribution < -0.4 is 5.32 Å². The molecular weight excluding hydrogens is 228 g/mol. The Balaban J connectivity index is 2.32. The minimum absolute atomic E-state index is 0.0712. The average molecular weight is 250 g/mol. The molecule has 0 bridgehead atoms. The van der Waals surface area contributed by atoms with E-state index in [9.17, 15) is 4.79 Å². The van der Waals surface area contributed by atoms with E-state index in [-0.39, 0.29) is 17.6 Å². The van der Waals surface area contributed by atoms with Gasteiger partial charge >= 0.3 is 0 Å². The molecule has 1 amide bonds. The number of nitrogens with zero attached hydrogens (tertiary/aromatic N) is 1. The van der Waals surface area contributed by atoms with Crippen molar-refractivity contribution in [3.8, 4) is 0 Å². The van der Waals surface area contributed by atoms with E-state index in [0.717, 1.165) is 6.42 Å². The molecule has 0 spiro atoms. The lowest BCUT2D eigenvalue weighted by Crippen LogP contribution is -2.34. The summed E-state index contributed by atoms with van der Waals surface area (Å²) in [5.74, 6) is -0.140. The van der Waals surface area contributed by atoms with Crippen molar-refractivity contribution in [1.82, 2.24) is 10.3 Å². The Kier molecular flexibility index (Phi) is 5.28. The summed E-state index contributed by atoms with van der Waals surface area (Å²) in [6.45, 7) is 8.65. The van der Waals surface area contributed by atoms with Crippen LogP contribution in [0, 0.1) is 0 Å². The Labute approximate surface area is 109 Å². The molecule has 1 unspecified atom stereocenters. The third kappa shape index (κ3) is 5.77. The molecule has 0 aliphatic carbocycles. The summed E-state index contributed by atoms with van der Waals surface area (Å²) in [6, 6.07) is 5.36. The van der Waals surface area contributed by atoms with Gasteiger partial charge in [0.25, 0.3) is 5.91 Å². The molecule has 1 rings (SSSR count). The highest BCUT2D eigenvalue weighted by Gasteiger charge is 2.13. The number of hydrogen-bond donors (Lipinski definition) is 1. The van der Waals surface area contributed by atoms with Crippen molar-refractivity contribution in [3.05, 3.63) is 30.1 Å². The summed E-state index contributed by atoms with van der Waals surface area (Å²) in [4.78, 5) is 15.8. The number of ether oxygens (including phenoxy) is 1. The molecule has 1 atom stereocenters. The van der Waals surface area contributed by atoms with Gasteiger partial charge in [0, 0.05) is 18.8 Å². The Morgan fingerprint density at radius 1 is 1.44 bits per heavy atom. The van der Waals surface area contributed by atoms with Crippen LogP contribution in [0.3, 0.4) is 0 Å².